The molecule has 0 unspecified atom stereocenters. The van der Waals surface area contributed by atoms with E-state index >= 15 is 0 Å². The van der Waals surface area contributed by atoms with Gasteiger partial charge in [0, 0.05) is 53.4 Å². The van der Waals surface area contributed by atoms with Crippen LogP contribution in [0.5, 0.6) is 0 Å². The average molecular weight is 384 g/mol. The molecule has 6 heteroatoms. The SMILES string of the molecule is C=C(C)CNC(=NCC(=O)N(C)C)N1CCN(C/C=C/c2ccccc2)CC1. The van der Waals surface area contributed by atoms with Gasteiger partial charge in [0.2, 0.25) is 5.91 Å². The van der Waals surface area contributed by atoms with Crippen molar-refractivity contribution < 1.29 is 4.79 Å². The summed E-state index contributed by atoms with van der Waals surface area (Å²) in [6, 6.07) is 10.4. The van der Waals surface area contributed by atoms with Crippen LogP contribution in [0.1, 0.15) is 12.5 Å². The second-order valence-corrected chi connectivity index (χ2v) is 7.34. The molecule has 0 aromatic heterocycles. The number of amides is 1. The number of guanidine groups is 1. The molecule has 1 amide bonds. The maximum absolute atomic E-state index is 11.9. The smallest absolute Gasteiger partial charge is 0.243 e. The second kappa shape index (κ2) is 11.3. The summed E-state index contributed by atoms with van der Waals surface area (Å²) in [5.74, 6) is 0.789. The summed E-state index contributed by atoms with van der Waals surface area (Å²) in [6.07, 6.45) is 4.38. The lowest BCUT2D eigenvalue weighted by Crippen LogP contribution is -2.52. The molecule has 1 aromatic rings. The van der Waals surface area contributed by atoms with E-state index in [4.69, 9.17) is 0 Å². The third kappa shape index (κ3) is 7.56. The second-order valence-electron chi connectivity index (χ2n) is 7.34. The van der Waals surface area contributed by atoms with Crippen molar-refractivity contribution in [1.82, 2.24) is 20.0 Å². The van der Waals surface area contributed by atoms with E-state index in [9.17, 15) is 4.79 Å². The highest BCUT2D eigenvalue weighted by molar-refractivity contribution is 5.85. The highest BCUT2D eigenvalue weighted by atomic mass is 16.2. The van der Waals surface area contributed by atoms with Crippen molar-refractivity contribution in [1.29, 1.82) is 0 Å². The Kier molecular flexibility index (Phi) is 8.75. The number of carbonyl (C=O) groups excluding carboxylic acids is 1. The third-order valence-electron chi connectivity index (χ3n) is 4.56. The van der Waals surface area contributed by atoms with Crippen molar-refractivity contribution in [3.05, 3.63) is 54.1 Å². The predicted molar refractivity (Wildman–Crippen MR) is 117 cm³/mol. The lowest BCUT2D eigenvalue weighted by molar-refractivity contribution is -0.127. The minimum Gasteiger partial charge on any atom is -0.353 e. The molecule has 28 heavy (non-hydrogen) atoms. The highest BCUT2D eigenvalue weighted by Crippen LogP contribution is 2.05. The van der Waals surface area contributed by atoms with Gasteiger partial charge in [-0.15, -0.1) is 0 Å². The van der Waals surface area contributed by atoms with Gasteiger partial charge in [0.25, 0.3) is 0 Å². The van der Waals surface area contributed by atoms with Crippen molar-refractivity contribution in [3.8, 4) is 0 Å². The molecule has 0 spiro atoms. The number of benzene rings is 1. The number of piperazine rings is 1. The van der Waals surface area contributed by atoms with Gasteiger partial charge in [0.1, 0.15) is 6.54 Å². The molecule has 0 aliphatic carbocycles. The summed E-state index contributed by atoms with van der Waals surface area (Å²) >= 11 is 0. The van der Waals surface area contributed by atoms with Gasteiger partial charge in [-0.25, -0.2) is 4.99 Å². The number of aliphatic imine (C=N–C) groups is 1. The Balaban J connectivity index is 1.87. The highest BCUT2D eigenvalue weighted by Gasteiger charge is 2.19. The van der Waals surface area contributed by atoms with E-state index in [1.54, 1.807) is 19.0 Å². The number of likely N-dealkylation sites (N-methyl/N-ethyl adjacent to an activating group) is 1. The fourth-order valence-electron chi connectivity index (χ4n) is 2.83. The summed E-state index contributed by atoms with van der Waals surface area (Å²) in [5, 5.41) is 3.34. The van der Waals surface area contributed by atoms with Crippen LogP contribution in [-0.4, -0.2) is 86.5 Å². The van der Waals surface area contributed by atoms with E-state index in [2.05, 4.69) is 63.1 Å². The van der Waals surface area contributed by atoms with E-state index in [-0.39, 0.29) is 12.5 Å². The van der Waals surface area contributed by atoms with Crippen LogP contribution in [0.4, 0.5) is 0 Å². The summed E-state index contributed by atoms with van der Waals surface area (Å²) in [6.45, 7) is 11.4. The van der Waals surface area contributed by atoms with Crippen molar-refractivity contribution in [2.45, 2.75) is 6.92 Å². The van der Waals surface area contributed by atoms with Gasteiger partial charge in [-0.05, 0) is 12.5 Å². The van der Waals surface area contributed by atoms with Crippen molar-refractivity contribution in [2.75, 3.05) is 59.9 Å². The van der Waals surface area contributed by atoms with Crippen LogP contribution in [0.15, 0.2) is 53.6 Å². The van der Waals surface area contributed by atoms with E-state index in [1.165, 1.54) is 5.56 Å². The number of rotatable bonds is 7. The first-order valence-electron chi connectivity index (χ1n) is 9.77. The molecule has 1 N–H and O–H groups in total. The largest absolute Gasteiger partial charge is 0.353 e. The Labute approximate surface area is 169 Å². The van der Waals surface area contributed by atoms with Gasteiger partial charge < -0.3 is 15.1 Å². The van der Waals surface area contributed by atoms with Gasteiger partial charge in [-0.3, -0.25) is 9.69 Å². The number of nitrogens with zero attached hydrogens (tertiary/aromatic N) is 4. The van der Waals surface area contributed by atoms with Crippen LogP contribution in [0.2, 0.25) is 0 Å². The van der Waals surface area contributed by atoms with Gasteiger partial charge in [-0.2, -0.15) is 0 Å². The van der Waals surface area contributed by atoms with Crippen LogP contribution in [0, 0.1) is 0 Å². The van der Waals surface area contributed by atoms with Crippen LogP contribution < -0.4 is 5.32 Å². The van der Waals surface area contributed by atoms with E-state index in [0.717, 1.165) is 44.3 Å². The van der Waals surface area contributed by atoms with Crippen LogP contribution in [-0.2, 0) is 4.79 Å². The van der Waals surface area contributed by atoms with Crippen molar-refractivity contribution >= 4 is 17.9 Å². The monoisotopic (exact) mass is 383 g/mol. The molecule has 1 aliphatic rings. The number of carbonyl (C=O) groups is 1. The Morgan fingerprint density at radius 1 is 1.21 bits per heavy atom. The number of hydrogen-bond donors (Lipinski definition) is 1. The summed E-state index contributed by atoms with van der Waals surface area (Å²) in [5.41, 5.74) is 2.27. The zero-order valence-corrected chi connectivity index (χ0v) is 17.4. The fourth-order valence-corrected chi connectivity index (χ4v) is 2.83. The van der Waals surface area contributed by atoms with Gasteiger partial charge >= 0.3 is 0 Å². The molecule has 1 saturated heterocycles. The molecule has 0 saturated carbocycles. The summed E-state index contributed by atoms with van der Waals surface area (Å²) < 4.78 is 0. The molecule has 1 aromatic carbocycles. The predicted octanol–water partition coefficient (Wildman–Crippen LogP) is 1.93. The molecule has 1 fully saturated rings. The Morgan fingerprint density at radius 2 is 1.89 bits per heavy atom. The molecule has 6 nitrogen and oxygen atoms in total. The van der Waals surface area contributed by atoms with E-state index < -0.39 is 0 Å². The normalized spacial score (nSPS) is 15.7. The minimum absolute atomic E-state index is 0.000639. The average Bonchev–Trinajstić information content (AvgIpc) is 2.69. The van der Waals surface area contributed by atoms with Crippen LogP contribution in [0.25, 0.3) is 6.08 Å². The first-order chi connectivity index (χ1) is 13.5. The Morgan fingerprint density at radius 3 is 2.50 bits per heavy atom. The maximum Gasteiger partial charge on any atom is 0.243 e. The molecule has 1 aliphatic heterocycles. The maximum atomic E-state index is 11.9. The molecule has 0 atom stereocenters. The standard InChI is InChI=1S/C22H33N5O/c1-19(2)17-23-22(24-18-21(28)25(3)4)27-15-13-26(14-16-27)12-8-11-20-9-6-5-7-10-20/h5-11H,1,12-18H2,2-4H3,(H,23,24)/b11-8+. The zero-order chi connectivity index (χ0) is 20.4. The van der Waals surface area contributed by atoms with Crippen molar-refractivity contribution in [3.63, 3.8) is 0 Å². The lowest BCUT2D eigenvalue weighted by atomic mass is 10.2. The van der Waals surface area contributed by atoms with Gasteiger partial charge in [0.15, 0.2) is 5.96 Å². The summed E-state index contributed by atoms with van der Waals surface area (Å²) in [4.78, 5) is 22.6. The summed E-state index contributed by atoms with van der Waals surface area (Å²) in [7, 11) is 3.50. The molecule has 1 heterocycles. The molecule has 0 bridgehead atoms. The zero-order valence-electron chi connectivity index (χ0n) is 17.4. The van der Waals surface area contributed by atoms with Gasteiger partial charge in [0.05, 0.1) is 0 Å². The topological polar surface area (TPSA) is 51.2 Å². The first-order valence-corrected chi connectivity index (χ1v) is 9.77. The Bertz CT molecular complexity index is 688. The van der Waals surface area contributed by atoms with Crippen LogP contribution in [0.3, 0.4) is 0 Å². The van der Waals surface area contributed by atoms with Crippen LogP contribution >= 0.6 is 0 Å². The molecule has 152 valence electrons. The quantitative estimate of drug-likeness (QED) is 0.444. The molecule has 0 radical (unpaired) electrons. The van der Waals surface area contributed by atoms with Crippen molar-refractivity contribution in [2.24, 2.45) is 4.99 Å². The molecular formula is C22H33N5O. The minimum atomic E-state index is -0.000639. The Hall–Kier alpha value is -2.60. The van der Waals surface area contributed by atoms with E-state index in [0.29, 0.717) is 6.54 Å². The number of nitrogens with one attached hydrogen (secondary N) is 1. The molecular weight excluding hydrogens is 350 g/mol. The third-order valence-corrected chi connectivity index (χ3v) is 4.56. The van der Waals surface area contributed by atoms with E-state index in [1.807, 2.05) is 13.0 Å². The molecule has 2 rings (SSSR count). The first kappa shape index (κ1) is 21.7. The fraction of sp³-hybridized carbons (Fsp3) is 0.455. The van der Waals surface area contributed by atoms with Gasteiger partial charge in [-0.1, -0.05) is 54.6 Å². The number of hydrogen-bond acceptors (Lipinski definition) is 3. The lowest BCUT2D eigenvalue weighted by Gasteiger charge is -2.36.